The zero-order valence-corrected chi connectivity index (χ0v) is 15.3. The van der Waals surface area contributed by atoms with Crippen LogP contribution >= 0.6 is 0 Å². The van der Waals surface area contributed by atoms with Gasteiger partial charge in [-0.1, -0.05) is 12.1 Å². The van der Waals surface area contributed by atoms with Crippen molar-refractivity contribution in [1.82, 2.24) is 14.8 Å². The molecular formula is C20H27N3O2. The predicted octanol–water partition coefficient (Wildman–Crippen LogP) is 2.98. The van der Waals surface area contributed by atoms with Crippen LogP contribution in [0.25, 0.3) is 0 Å². The summed E-state index contributed by atoms with van der Waals surface area (Å²) in [5.41, 5.74) is 2.49. The van der Waals surface area contributed by atoms with Gasteiger partial charge in [-0.25, -0.2) is 0 Å². The first-order valence-corrected chi connectivity index (χ1v) is 8.78. The van der Waals surface area contributed by atoms with Crippen molar-refractivity contribution in [2.45, 2.75) is 19.5 Å². The van der Waals surface area contributed by atoms with E-state index in [0.29, 0.717) is 6.04 Å². The molecule has 1 atom stereocenters. The molecule has 134 valence electrons. The van der Waals surface area contributed by atoms with Gasteiger partial charge in [-0.3, -0.25) is 14.8 Å². The third-order valence-electron chi connectivity index (χ3n) is 5.01. The molecular weight excluding hydrogens is 314 g/mol. The van der Waals surface area contributed by atoms with Gasteiger partial charge in [-0.2, -0.15) is 0 Å². The highest BCUT2D eigenvalue weighted by Gasteiger charge is 2.22. The highest BCUT2D eigenvalue weighted by atomic mass is 16.5. The number of hydrogen-bond donors (Lipinski definition) is 0. The fourth-order valence-electron chi connectivity index (χ4n) is 3.37. The van der Waals surface area contributed by atoms with Crippen LogP contribution in [-0.4, -0.2) is 55.2 Å². The first kappa shape index (κ1) is 17.7. The lowest BCUT2D eigenvalue weighted by Gasteiger charge is -2.38. The first-order valence-electron chi connectivity index (χ1n) is 8.78. The minimum atomic E-state index is 0.409. The molecule has 0 N–H and O–H groups in total. The average Bonchev–Trinajstić information content (AvgIpc) is 2.69. The van der Waals surface area contributed by atoms with E-state index >= 15 is 0 Å². The molecule has 1 fully saturated rings. The summed E-state index contributed by atoms with van der Waals surface area (Å²) in [7, 11) is 3.39. The van der Waals surface area contributed by atoms with Crippen molar-refractivity contribution in [2.24, 2.45) is 0 Å². The second kappa shape index (κ2) is 8.32. The zero-order chi connectivity index (χ0) is 17.6. The number of methoxy groups -OCH3 is 2. The van der Waals surface area contributed by atoms with Crippen LogP contribution in [-0.2, 0) is 6.54 Å². The molecule has 0 aliphatic carbocycles. The summed E-state index contributed by atoms with van der Waals surface area (Å²) in [5, 5.41) is 0. The van der Waals surface area contributed by atoms with Gasteiger partial charge in [0.1, 0.15) is 11.5 Å². The van der Waals surface area contributed by atoms with Crippen molar-refractivity contribution in [3.05, 3.63) is 53.9 Å². The monoisotopic (exact) mass is 341 g/mol. The van der Waals surface area contributed by atoms with E-state index in [4.69, 9.17) is 9.47 Å². The maximum Gasteiger partial charge on any atom is 0.127 e. The van der Waals surface area contributed by atoms with E-state index in [9.17, 15) is 0 Å². The Bertz CT molecular complexity index is 670. The van der Waals surface area contributed by atoms with Crippen molar-refractivity contribution < 1.29 is 9.47 Å². The van der Waals surface area contributed by atoms with Crippen LogP contribution in [0.5, 0.6) is 11.5 Å². The molecule has 1 aliphatic rings. The lowest BCUT2D eigenvalue weighted by Crippen LogP contribution is -2.46. The van der Waals surface area contributed by atoms with E-state index in [1.54, 1.807) is 14.2 Å². The van der Waals surface area contributed by atoms with Gasteiger partial charge in [0.15, 0.2) is 0 Å². The number of rotatable bonds is 6. The SMILES string of the molecule is COc1ccc(CN2CCN([C@@H](C)c3cccnc3)CC2)c(OC)c1. The molecule has 2 aromatic rings. The molecule has 1 saturated heterocycles. The van der Waals surface area contributed by atoms with Gasteiger partial charge in [0, 0.05) is 62.8 Å². The second-order valence-electron chi connectivity index (χ2n) is 6.45. The molecule has 0 bridgehead atoms. The van der Waals surface area contributed by atoms with Crippen molar-refractivity contribution >= 4 is 0 Å². The third-order valence-corrected chi connectivity index (χ3v) is 5.01. The van der Waals surface area contributed by atoms with Crippen LogP contribution in [0.1, 0.15) is 24.1 Å². The van der Waals surface area contributed by atoms with E-state index < -0.39 is 0 Å². The Morgan fingerprint density at radius 2 is 1.88 bits per heavy atom. The zero-order valence-electron chi connectivity index (χ0n) is 15.3. The summed E-state index contributed by atoms with van der Waals surface area (Å²) in [5.74, 6) is 1.72. The number of benzene rings is 1. The van der Waals surface area contributed by atoms with E-state index in [1.807, 2.05) is 30.6 Å². The average molecular weight is 341 g/mol. The normalized spacial score (nSPS) is 17.2. The van der Waals surface area contributed by atoms with E-state index in [-0.39, 0.29) is 0 Å². The topological polar surface area (TPSA) is 37.8 Å². The van der Waals surface area contributed by atoms with Crippen molar-refractivity contribution in [3.8, 4) is 11.5 Å². The van der Waals surface area contributed by atoms with Crippen LogP contribution in [0.2, 0.25) is 0 Å². The Hall–Kier alpha value is -2.11. The number of hydrogen-bond acceptors (Lipinski definition) is 5. The first-order chi connectivity index (χ1) is 12.2. The van der Waals surface area contributed by atoms with Gasteiger partial charge in [0.25, 0.3) is 0 Å². The summed E-state index contributed by atoms with van der Waals surface area (Å²) in [6.07, 6.45) is 3.80. The van der Waals surface area contributed by atoms with Gasteiger partial charge in [-0.05, 0) is 24.6 Å². The predicted molar refractivity (Wildman–Crippen MR) is 99.0 cm³/mol. The number of nitrogens with zero attached hydrogens (tertiary/aromatic N) is 3. The van der Waals surface area contributed by atoms with Crippen LogP contribution in [0.15, 0.2) is 42.7 Å². The lowest BCUT2D eigenvalue weighted by molar-refractivity contribution is 0.0972. The summed E-state index contributed by atoms with van der Waals surface area (Å²) in [4.78, 5) is 9.25. The van der Waals surface area contributed by atoms with Gasteiger partial charge >= 0.3 is 0 Å². The molecule has 0 spiro atoms. The number of piperazine rings is 1. The quantitative estimate of drug-likeness (QED) is 0.807. The number of pyridine rings is 1. The smallest absolute Gasteiger partial charge is 0.127 e. The van der Waals surface area contributed by atoms with Gasteiger partial charge in [-0.15, -0.1) is 0 Å². The Labute approximate surface area is 150 Å². The molecule has 0 saturated carbocycles. The molecule has 2 heterocycles. The second-order valence-corrected chi connectivity index (χ2v) is 6.45. The van der Waals surface area contributed by atoms with Crippen LogP contribution in [0.3, 0.4) is 0 Å². The molecule has 1 aromatic heterocycles. The molecule has 0 radical (unpaired) electrons. The fourth-order valence-corrected chi connectivity index (χ4v) is 3.37. The molecule has 3 rings (SSSR count). The van der Waals surface area contributed by atoms with E-state index in [1.165, 1.54) is 11.1 Å². The molecule has 25 heavy (non-hydrogen) atoms. The summed E-state index contributed by atoms with van der Waals surface area (Å²) >= 11 is 0. The fraction of sp³-hybridized carbons (Fsp3) is 0.450. The van der Waals surface area contributed by atoms with Gasteiger partial charge in [0.2, 0.25) is 0 Å². The maximum absolute atomic E-state index is 5.52. The Kier molecular flexibility index (Phi) is 5.89. The van der Waals surface area contributed by atoms with Crippen molar-refractivity contribution in [2.75, 3.05) is 40.4 Å². The molecule has 0 unspecified atom stereocenters. The third kappa shape index (κ3) is 4.30. The molecule has 1 aliphatic heterocycles. The largest absolute Gasteiger partial charge is 0.497 e. The maximum atomic E-state index is 5.52. The van der Waals surface area contributed by atoms with Gasteiger partial charge in [0.05, 0.1) is 14.2 Å². The number of ether oxygens (including phenoxy) is 2. The summed E-state index contributed by atoms with van der Waals surface area (Å²) < 4.78 is 10.8. The van der Waals surface area contributed by atoms with Gasteiger partial charge < -0.3 is 9.47 Å². The minimum Gasteiger partial charge on any atom is -0.497 e. The van der Waals surface area contributed by atoms with Crippen LogP contribution < -0.4 is 9.47 Å². The number of aromatic nitrogens is 1. The van der Waals surface area contributed by atoms with E-state index in [2.05, 4.69) is 33.8 Å². The van der Waals surface area contributed by atoms with E-state index in [0.717, 1.165) is 44.2 Å². The van der Waals surface area contributed by atoms with Crippen molar-refractivity contribution in [1.29, 1.82) is 0 Å². The summed E-state index contributed by atoms with van der Waals surface area (Å²) in [6, 6.07) is 10.6. The highest BCUT2D eigenvalue weighted by Crippen LogP contribution is 2.27. The molecule has 0 amide bonds. The summed E-state index contributed by atoms with van der Waals surface area (Å²) in [6.45, 7) is 7.41. The Balaban J connectivity index is 1.58. The Morgan fingerprint density at radius 3 is 2.52 bits per heavy atom. The molecule has 1 aromatic carbocycles. The molecule has 5 nitrogen and oxygen atoms in total. The van der Waals surface area contributed by atoms with Crippen molar-refractivity contribution in [3.63, 3.8) is 0 Å². The molecule has 5 heteroatoms. The Morgan fingerprint density at radius 1 is 1.08 bits per heavy atom. The minimum absolute atomic E-state index is 0.409. The van der Waals surface area contributed by atoms with Crippen LogP contribution in [0, 0.1) is 0 Å². The van der Waals surface area contributed by atoms with Crippen LogP contribution in [0.4, 0.5) is 0 Å². The highest BCUT2D eigenvalue weighted by molar-refractivity contribution is 5.40. The standard InChI is InChI=1S/C20H27N3O2/c1-16(17-5-4-8-21-14-17)23-11-9-22(10-12-23)15-18-6-7-19(24-2)13-20(18)25-3/h4-8,13-14,16H,9-12,15H2,1-3H3/t16-/m0/s1. The lowest BCUT2D eigenvalue weighted by atomic mass is 10.1.